The molecule has 28 heavy (non-hydrogen) atoms. The van der Waals surface area contributed by atoms with Crippen LogP contribution in [0.2, 0.25) is 0 Å². The van der Waals surface area contributed by atoms with Crippen LogP contribution >= 0.6 is 0 Å². The van der Waals surface area contributed by atoms with Crippen LogP contribution in [0.5, 0.6) is 0 Å². The van der Waals surface area contributed by atoms with Gasteiger partial charge in [-0.15, -0.1) is 0 Å². The minimum Gasteiger partial charge on any atom is -0.332 e. The maximum absolute atomic E-state index is 12.7. The smallest absolute Gasteiger partial charge is 0.317 e. The maximum Gasteiger partial charge on any atom is 0.317 e. The number of Topliss-reactive ketones (excluding diaryl/α,β-unsaturated/α-hetero) is 1. The van der Waals surface area contributed by atoms with Crippen LogP contribution in [0.1, 0.15) is 34.7 Å². The molecule has 1 atom stereocenters. The van der Waals surface area contributed by atoms with Gasteiger partial charge in [-0.25, -0.2) is 14.8 Å². The molecule has 1 N–H and O–H groups in total. The zero-order valence-corrected chi connectivity index (χ0v) is 16.1. The predicted molar refractivity (Wildman–Crippen MR) is 104 cm³/mol. The summed E-state index contributed by atoms with van der Waals surface area (Å²) in [5.74, 6) is 0.242. The van der Waals surface area contributed by atoms with Crippen molar-refractivity contribution >= 4 is 17.5 Å². The Hall–Kier alpha value is -3.16. The third kappa shape index (κ3) is 3.49. The number of urea groups is 1. The molecule has 4 heterocycles. The van der Waals surface area contributed by atoms with Gasteiger partial charge in [0.2, 0.25) is 5.78 Å². The highest BCUT2D eigenvalue weighted by atomic mass is 16.2. The van der Waals surface area contributed by atoms with Gasteiger partial charge >= 0.3 is 6.03 Å². The minimum atomic E-state index is -0.210. The number of amides is 2. The Morgan fingerprint density at radius 3 is 2.93 bits per heavy atom. The van der Waals surface area contributed by atoms with Crippen LogP contribution < -0.4 is 5.32 Å². The molecule has 0 aromatic carbocycles. The van der Waals surface area contributed by atoms with Crippen molar-refractivity contribution in [1.82, 2.24) is 29.2 Å². The van der Waals surface area contributed by atoms with Crippen LogP contribution in [0.25, 0.3) is 5.65 Å². The first-order valence-corrected chi connectivity index (χ1v) is 9.50. The fourth-order valence-corrected chi connectivity index (χ4v) is 3.73. The molecule has 0 aliphatic carbocycles. The van der Waals surface area contributed by atoms with Crippen molar-refractivity contribution in [2.45, 2.75) is 26.3 Å². The molecule has 2 amide bonds. The highest BCUT2D eigenvalue weighted by Gasteiger charge is 2.30. The van der Waals surface area contributed by atoms with Crippen LogP contribution in [-0.2, 0) is 13.6 Å². The van der Waals surface area contributed by atoms with Crippen molar-refractivity contribution in [3.05, 3.63) is 54.0 Å². The van der Waals surface area contributed by atoms with E-state index in [2.05, 4.69) is 15.3 Å². The number of hydrogen-bond acceptors (Lipinski definition) is 4. The zero-order valence-electron chi connectivity index (χ0n) is 16.1. The summed E-state index contributed by atoms with van der Waals surface area (Å²) in [5, 5.41) is 2.93. The van der Waals surface area contributed by atoms with Gasteiger partial charge in [0, 0.05) is 50.8 Å². The van der Waals surface area contributed by atoms with E-state index in [0.29, 0.717) is 25.5 Å². The number of carbonyl (C=O) groups excluding carboxylic acids is 2. The average molecular weight is 380 g/mol. The van der Waals surface area contributed by atoms with Gasteiger partial charge in [-0.3, -0.25) is 4.79 Å². The summed E-state index contributed by atoms with van der Waals surface area (Å²) in [5.41, 5.74) is 2.79. The van der Waals surface area contributed by atoms with Gasteiger partial charge < -0.3 is 19.2 Å². The highest BCUT2D eigenvalue weighted by molar-refractivity contribution is 5.95. The molecule has 146 valence electrons. The second-order valence-electron chi connectivity index (χ2n) is 7.32. The van der Waals surface area contributed by atoms with E-state index in [9.17, 15) is 9.59 Å². The van der Waals surface area contributed by atoms with Gasteiger partial charge in [0.05, 0.1) is 12.2 Å². The van der Waals surface area contributed by atoms with E-state index in [4.69, 9.17) is 0 Å². The monoisotopic (exact) mass is 380 g/mol. The average Bonchev–Trinajstić information content (AvgIpc) is 3.32. The lowest BCUT2D eigenvalue weighted by Gasteiger charge is -2.31. The predicted octanol–water partition coefficient (Wildman–Crippen LogP) is 2.18. The van der Waals surface area contributed by atoms with E-state index in [0.717, 1.165) is 29.7 Å². The van der Waals surface area contributed by atoms with Crippen LogP contribution in [-0.4, -0.2) is 48.7 Å². The Labute approximate surface area is 163 Å². The van der Waals surface area contributed by atoms with E-state index >= 15 is 0 Å². The molecule has 4 rings (SSSR count). The standard InChI is InChI=1S/C20H24N6O2/c1-14-5-3-8-25-13-16(23-18(14)25)11-22-20(28)26-9-4-6-15(12-26)17(27)19-21-7-10-24(19)2/h3,5,7-8,10,13,15H,4,6,9,11-12H2,1-2H3,(H,22,28). The molecule has 0 spiro atoms. The number of pyridine rings is 1. The van der Waals surface area contributed by atoms with Crippen LogP contribution in [0.3, 0.4) is 0 Å². The summed E-state index contributed by atoms with van der Waals surface area (Å²) in [6.45, 7) is 3.44. The fourth-order valence-electron chi connectivity index (χ4n) is 3.73. The number of imidazole rings is 2. The molecule has 0 radical (unpaired) electrons. The molecule has 8 nitrogen and oxygen atoms in total. The van der Waals surface area contributed by atoms with Crippen LogP contribution in [0.15, 0.2) is 36.9 Å². The van der Waals surface area contributed by atoms with Gasteiger partial charge in [0.1, 0.15) is 5.65 Å². The Morgan fingerprint density at radius 1 is 1.32 bits per heavy atom. The molecule has 1 aliphatic rings. The van der Waals surface area contributed by atoms with Crippen molar-refractivity contribution < 1.29 is 9.59 Å². The first-order chi connectivity index (χ1) is 13.5. The minimum absolute atomic E-state index is 0.000765. The van der Waals surface area contributed by atoms with Crippen molar-refractivity contribution in [3.63, 3.8) is 0 Å². The Bertz CT molecular complexity index is 1020. The molecule has 1 unspecified atom stereocenters. The lowest BCUT2D eigenvalue weighted by molar-refractivity contribution is 0.0831. The number of ketones is 1. The van der Waals surface area contributed by atoms with E-state index in [1.165, 1.54) is 0 Å². The number of rotatable bonds is 4. The summed E-state index contributed by atoms with van der Waals surface area (Å²) >= 11 is 0. The van der Waals surface area contributed by atoms with Gasteiger partial charge in [-0.1, -0.05) is 6.07 Å². The summed E-state index contributed by atoms with van der Waals surface area (Å²) in [6, 6.07) is 3.82. The van der Waals surface area contributed by atoms with Crippen LogP contribution in [0, 0.1) is 12.8 Å². The second kappa shape index (κ2) is 7.46. The molecular formula is C20H24N6O2. The molecule has 8 heteroatoms. The summed E-state index contributed by atoms with van der Waals surface area (Å²) < 4.78 is 3.69. The molecule has 1 fully saturated rings. The second-order valence-corrected chi connectivity index (χ2v) is 7.32. The van der Waals surface area contributed by atoms with E-state index in [1.807, 2.05) is 42.9 Å². The molecule has 0 bridgehead atoms. The van der Waals surface area contributed by atoms with E-state index in [-0.39, 0.29) is 17.7 Å². The van der Waals surface area contributed by atoms with Gasteiger partial charge in [0.25, 0.3) is 0 Å². The molecule has 3 aromatic heterocycles. The Morgan fingerprint density at radius 2 is 2.18 bits per heavy atom. The number of likely N-dealkylation sites (tertiary alicyclic amines) is 1. The topological polar surface area (TPSA) is 84.5 Å². The molecule has 3 aromatic rings. The Kier molecular flexibility index (Phi) is 4.85. The van der Waals surface area contributed by atoms with Crippen molar-refractivity contribution in [1.29, 1.82) is 0 Å². The number of carbonyl (C=O) groups is 2. The van der Waals surface area contributed by atoms with Crippen molar-refractivity contribution in [2.75, 3.05) is 13.1 Å². The zero-order chi connectivity index (χ0) is 19.7. The Balaban J connectivity index is 1.38. The van der Waals surface area contributed by atoms with E-state index < -0.39 is 0 Å². The largest absolute Gasteiger partial charge is 0.332 e. The molecular weight excluding hydrogens is 356 g/mol. The first-order valence-electron chi connectivity index (χ1n) is 9.50. The third-order valence-electron chi connectivity index (χ3n) is 5.27. The number of piperidine rings is 1. The third-order valence-corrected chi connectivity index (χ3v) is 5.27. The number of hydrogen-bond donors (Lipinski definition) is 1. The molecule has 0 saturated carbocycles. The first kappa shape index (κ1) is 18.2. The van der Waals surface area contributed by atoms with Gasteiger partial charge in [-0.05, 0) is 31.4 Å². The molecule has 1 saturated heterocycles. The van der Waals surface area contributed by atoms with Crippen molar-refractivity contribution in [2.24, 2.45) is 13.0 Å². The molecule has 1 aliphatic heterocycles. The lowest BCUT2D eigenvalue weighted by atomic mass is 9.93. The lowest BCUT2D eigenvalue weighted by Crippen LogP contribution is -2.47. The van der Waals surface area contributed by atoms with Gasteiger partial charge in [-0.2, -0.15) is 0 Å². The van der Waals surface area contributed by atoms with Crippen molar-refractivity contribution in [3.8, 4) is 0 Å². The maximum atomic E-state index is 12.7. The van der Waals surface area contributed by atoms with Crippen LogP contribution in [0.4, 0.5) is 4.79 Å². The summed E-state index contributed by atoms with van der Waals surface area (Å²) in [6.07, 6.45) is 8.84. The summed E-state index contributed by atoms with van der Waals surface area (Å²) in [4.78, 5) is 35.8. The normalized spacial score (nSPS) is 17.1. The quantitative estimate of drug-likeness (QED) is 0.703. The highest BCUT2D eigenvalue weighted by Crippen LogP contribution is 2.20. The number of nitrogens with one attached hydrogen (secondary N) is 1. The fraction of sp³-hybridized carbons (Fsp3) is 0.400. The summed E-state index contributed by atoms with van der Waals surface area (Å²) in [7, 11) is 1.81. The number of aromatic nitrogens is 4. The number of nitrogens with zero attached hydrogens (tertiary/aromatic N) is 5. The number of aryl methyl sites for hydroxylation is 2. The number of fused-ring (bicyclic) bond motifs is 1. The SMILES string of the molecule is Cc1cccn2cc(CNC(=O)N3CCCC(C(=O)c4nccn4C)C3)nc12. The van der Waals surface area contributed by atoms with E-state index in [1.54, 1.807) is 21.9 Å². The van der Waals surface area contributed by atoms with Gasteiger partial charge in [0.15, 0.2) is 5.82 Å².